The quantitative estimate of drug-likeness (QED) is 0.132. The molecule has 0 unspecified atom stereocenters. The molecule has 328 valence electrons. The summed E-state index contributed by atoms with van der Waals surface area (Å²) in [6.45, 7) is 4.92. The Bertz CT molecular complexity index is 2850. The molecule has 6 aromatic rings. The van der Waals surface area contributed by atoms with Gasteiger partial charge in [-0.2, -0.15) is 37.1 Å². The van der Waals surface area contributed by atoms with Gasteiger partial charge >= 0.3 is 6.18 Å². The summed E-state index contributed by atoms with van der Waals surface area (Å²) < 4.78 is 133. The summed E-state index contributed by atoms with van der Waals surface area (Å²) in [5, 5.41) is 11.8. The molecule has 1 saturated heterocycles. The van der Waals surface area contributed by atoms with E-state index >= 15 is 8.78 Å². The number of carbonyl (C=O) groups is 1. The molecule has 9 rings (SSSR count). The van der Waals surface area contributed by atoms with Crippen LogP contribution in [0.25, 0.3) is 32.4 Å². The smallest absolute Gasteiger partial charge is 0.346 e. The second-order valence-electron chi connectivity index (χ2n) is 16.0. The summed E-state index contributed by atoms with van der Waals surface area (Å²) in [5.74, 6) is -8.91. The number of halogens is 7. The highest BCUT2D eigenvalue weighted by Crippen LogP contribution is 2.64. The van der Waals surface area contributed by atoms with Crippen LogP contribution in [0.4, 0.5) is 41.7 Å². The van der Waals surface area contributed by atoms with Crippen LogP contribution in [0.2, 0.25) is 0 Å². The van der Waals surface area contributed by atoms with Crippen LogP contribution in [-0.4, -0.2) is 87.7 Å². The molecule has 5 heterocycles. The van der Waals surface area contributed by atoms with Crippen LogP contribution < -0.4 is 14.9 Å². The third-order valence-electron chi connectivity index (χ3n) is 11.9. The molecule has 0 radical (unpaired) electrons. The molecule has 3 atom stereocenters. The molecule has 2 aromatic carbocycles. The van der Waals surface area contributed by atoms with Gasteiger partial charge in [0, 0.05) is 67.3 Å². The van der Waals surface area contributed by atoms with Crippen molar-refractivity contribution >= 4 is 59.5 Å². The number of hydrogen-bond acceptors (Lipinski definition) is 10. The number of fused-ring (bicyclic) bond motifs is 5. The van der Waals surface area contributed by atoms with E-state index in [1.54, 1.807) is 31.3 Å². The van der Waals surface area contributed by atoms with E-state index in [4.69, 9.17) is 9.97 Å². The number of rotatable bonds is 11. The van der Waals surface area contributed by atoms with Crippen molar-refractivity contribution in [2.75, 3.05) is 48.6 Å². The Balaban J connectivity index is 1.19. The fraction of sp³-hybridized carbons (Fsp3) is 0.425. The number of nitrogens with one attached hydrogen (secondary N) is 2. The average molecular weight is 905 g/mol. The number of para-hydroxylation sites is 1. The first-order valence-corrected chi connectivity index (χ1v) is 22.5. The lowest BCUT2D eigenvalue weighted by molar-refractivity contribution is -0.144. The lowest BCUT2D eigenvalue weighted by Crippen LogP contribution is -2.46. The average Bonchev–Trinajstić information content (AvgIpc) is 3.88. The first kappa shape index (κ1) is 42.0. The van der Waals surface area contributed by atoms with Crippen LogP contribution in [0.15, 0.2) is 42.5 Å². The number of nitrogens with zero attached hydrogens (tertiary/aromatic N) is 8. The topological polar surface area (TPSA) is 143 Å². The van der Waals surface area contributed by atoms with Gasteiger partial charge in [0.25, 0.3) is 5.92 Å². The standard InChI is InChI=1S/C40H39F7N10O3S2/c1-4-55-10-12-56(13-11-55)38-50-37-29(61-38)18-26(23-6-5-7-25-33(23)54(2)52-36(25)53-62(3,59)60)32(49-37)28(16-20-14-21(41)17-22(42)15-20)48-30(58)19-57-35-31(34(51-57)40(45,46)47)24-8-9-27(24)39(35,43)44/h5-7,14-15,17-18,24,27-28H,4,8-13,16,19H2,1-3H3,(H,48,58)(H,52,53)/t24-,27+,28-/m0/s1. The molecule has 2 fully saturated rings. The van der Waals surface area contributed by atoms with Gasteiger partial charge in [-0.15, -0.1) is 0 Å². The molecule has 4 aromatic heterocycles. The highest BCUT2D eigenvalue weighted by atomic mass is 32.2. The fourth-order valence-corrected chi connectivity index (χ4v) is 10.6. The number of anilines is 2. The van der Waals surface area contributed by atoms with Gasteiger partial charge in [-0.25, -0.2) is 22.2 Å². The number of alkyl halides is 5. The largest absolute Gasteiger partial charge is 0.435 e. The maximum absolute atomic E-state index is 15.8. The monoisotopic (exact) mass is 904 g/mol. The first-order valence-electron chi connectivity index (χ1n) is 19.8. The number of hydrogen-bond donors (Lipinski definition) is 2. The van der Waals surface area contributed by atoms with Gasteiger partial charge in [-0.05, 0) is 61.6 Å². The number of amides is 1. The van der Waals surface area contributed by atoms with Gasteiger partial charge < -0.3 is 15.1 Å². The van der Waals surface area contributed by atoms with Crippen molar-refractivity contribution in [1.82, 2.24) is 39.7 Å². The molecule has 2 aliphatic carbocycles. The molecule has 3 aliphatic rings. The van der Waals surface area contributed by atoms with Crippen LogP contribution in [0, 0.1) is 17.6 Å². The first-order chi connectivity index (χ1) is 29.3. The second-order valence-corrected chi connectivity index (χ2v) is 18.7. The Morgan fingerprint density at radius 1 is 1.00 bits per heavy atom. The van der Waals surface area contributed by atoms with E-state index in [-0.39, 0.29) is 42.0 Å². The SMILES string of the molecule is CCN1CCN(c2nc3nc([C@H](Cc4cc(F)cc(F)c4)NC(=O)Cn4nc(C(F)(F)F)c5c4C(F)(F)[C@@H]4CC[C@H]54)c(-c4cccc5c(NS(C)(=O)=O)nn(C)c45)cc3s2)CC1. The van der Waals surface area contributed by atoms with Crippen molar-refractivity contribution in [2.24, 2.45) is 13.0 Å². The Hall–Kier alpha value is -5.35. The zero-order chi connectivity index (χ0) is 44.0. The van der Waals surface area contributed by atoms with Crippen LogP contribution in [0.5, 0.6) is 0 Å². The molecular weight excluding hydrogens is 866 g/mol. The number of sulfonamides is 1. The Morgan fingerprint density at radius 2 is 1.73 bits per heavy atom. The van der Waals surface area contributed by atoms with E-state index in [1.165, 1.54) is 16.0 Å². The molecule has 22 heteroatoms. The van der Waals surface area contributed by atoms with E-state index in [9.17, 15) is 35.2 Å². The van der Waals surface area contributed by atoms with Gasteiger partial charge in [-0.1, -0.05) is 30.4 Å². The van der Waals surface area contributed by atoms with Crippen LogP contribution in [-0.2, 0) is 46.9 Å². The van der Waals surface area contributed by atoms with E-state index in [2.05, 4.69) is 37.0 Å². The van der Waals surface area contributed by atoms with Crippen LogP contribution in [0.3, 0.4) is 0 Å². The minimum atomic E-state index is -5.07. The van der Waals surface area contributed by atoms with Gasteiger partial charge in [0.2, 0.25) is 15.9 Å². The number of piperazine rings is 1. The van der Waals surface area contributed by atoms with E-state index in [1.807, 2.05) is 0 Å². The maximum Gasteiger partial charge on any atom is 0.435 e. The number of aryl methyl sites for hydroxylation is 1. The fourth-order valence-electron chi connectivity index (χ4n) is 9.06. The summed E-state index contributed by atoms with van der Waals surface area (Å²) in [7, 11) is -2.18. The zero-order valence-corrected chi connectivity index (χ0v) is 35.0. The molecular formula is C40H39F7N10O3S2. The zero-order valence-electron chi connectivity index (χ0n) is 33.4. The normalized spacial score (nSPS) is 19.4. The third-order valence-corrected chi connectivity index (χ3v) is 13.5. The van der Waals surface area contributed by atoms with E-state index < -0.39 is 81.0 Å². The number of thiazole rings is 1. The summed E-state index contributed by atoms with van der Waals surface area (Å²) in [6.07, 6.45) is -4.27. The summed E-state index contributed by atoms with van der Waals surface area (Å²) in [4.78, 5) is 28.4. The minimum Gasteiger partial charge on any atom is -0.346 e. The van der Waals surface area contributed by atoms with Gasteiger partial charge in [0.15, 0.2) is 22.3 Å². The highest BCUT2D eigenvalue weighted by molar-refractivity contribution is 7.92. The van der Waals surface area contributed by atoms with Crippen molar-refractivity contribution in [2.45, 2.75) is 56.8 Å². The Morgan fingerprint density at radius 3 is 2.37 bits per heavy atom. The Labute approximate surface area is 354 Å². The second kappa shape index (κ2) is 15.2. The Kier molecular flexibility index (Phi) is 10.3. The number of pyridine rings is 1. The molecule has 0 bridgehead atoms. The number of benzene rings is 2. The highest BCUT2D eigenvalue weighted by Gasteiger charge is 2.63. The van der Waals surface area contributed by atoms with Crippen LogP contribution >= 0.6 is 11.3 Å². The number of carbonyl (C=O) groups excluding carboxylic acids is 1. The maximum atomic E-state index is 15.8. The van der Waals surface area contributed by atoms with Crippen molar-refractivity contribution in [3.63, 3.8) is 0 Å². The minimum absolute atomic E-state index is 0.0154. The molecule has 62 heavy (non-hydrogen) atoms. The number of likely N-dealkylation sites (N-methyl/N-ethyl adjacent to an activating group) is 1. The summed E-state index contributed by atoms with van der Waals surface area (Å²) in [6, 6.07) is 8.27. The lowest BCUT2D eigenvalue weighted by Gasteiger charge is -2.34. The van der Waals surface area contributed by atoms with E-state index in [0.717, 1.165) is 38.0 Å². The van der Waals surface area contributed by atoms with Gasteiger partial charge in [-0.3, -0.25) is 18.9 Å². The summed E-state index contributed by atoms with van der Waals surface area (Å²) >= 11 is 1.37. The third kappa shape index (κ3) is 7.52. The lowest BCUT2D eigenvalue weighted by atomic mass is 9.73. The van der Waals surface area contributed by atoms with Gasteiger partial charge in [0.1, 0.15) is 23.9 Å². The summed E-state index contributed by atoms with van der Waals surface area (Å²) in [5.41, 5.74) is -1.32. The molecule has 0 spiro atoms. The molecule has 1 amide bonds. The van der Waals surface area contributed by atoms with Crippen molar-refractivity contribution in [3.05, 3.63) is 82.3 Å². The van der Waals surface area contributed by atoms with Crippen molar-refractivity contribution in [1.29, 1.82) is 0 Å². The molecule has 13 nitrogen and oxygen atoms in total. The molecule has 2 N–H and O–H groups in total. The predicted molar refractivity (Wildman–Crippen MR) is 217 cm³/mol. The van der Waals surface area contributed by atoms with Crippen molar-refractivity contribution < 1.29 is 43.9 Å². The van der Waals surface area contributed by atoms with Crippen molar-refractivity contribution in [3.8, 4) is 11.1 Å². The number of aromatic nitrogens is 6. The molecule has 1 aliphatic heterocycles. The molecule has 1 saturated carbocycles. The van der Waals surface area contributed by atoms with E-state index in [0.29, 0.717) is 55.7 Å². The van der Waals surface area contributed by atoms with Crippen LogP contribution in [0.1, 0.15) is 59.9 Å². The predicted octanol–water partition coefficient (Wildman–Crippen LogP) is 6.95. The van der Waals surface area contributed by atoms with Gasteiger partial charge in [0.05, 0.1) is 28.2 Å².